The second-order valence-corrected chi connectivity index (χ2v) is 23.0. The Labute approximate surface area is 450 Å². The molecule has 2 aromatic heterocycles. The summed E-state index contributed by atoms with van der Waals surface area (Å²) >= 11 is 0. The van der Waals surface area contributed by atoms with Crippen LogP contribution in [0.5, 0.6) is 0 Å². The molecule has 0 bridgehead atoms. The number of halogens is 1. The normalized spacial score (nSPS) is 39.3. The van der Waals surface area contributed by atoms with Crippen LogP contribution in [0.1, 0.15) is 101 Å². The molecule has 5 N–H and O–H groups in total. The Morgan fingerprint density at radius 3 is 2.34 bits per heavy atom. The first-order valence-electron chi connectivity index (χ1n) is 27.0. The molecular formula is C53H84FN9O14. The van der Waals surface area contributed by atoms with Gasteiger partial charge in [0.15, 0.2) is 18.4 Å². The van der Waals surface area contributed by atoms with Crippen molar-refractivity contribution in [2.24, 2.45) is 17.8 Å². The highest BCUT2D eigenvalue weighted by Crippen LogP contribution is 2.40. The lowest BCUT2D eigenvalue weighted by molar-refractivity contribution is -0.318. The maximum Gasteiger partial charge on any atom is 0.414 e. The van der Waals surface area contributed by atoms with Crippen molar-refractivity contribution in [3.05, 3.63) is 48.3 Å². The third-order valence-electron chi connectivity index (χ3n) is 16.6. The van der Waals surface area contributed by atoms with Crippen molar-refractivity contribution in [1.29, 1.82) is 0 Å². The highest BCUT2D eigenvalue weighted by atomic mass is 19.1. The molecule has 432 valence electrons. The predicted molar refractivity (Wildman–Crippen MR) is 276 cm³/mol. The van der Waals surface area contributed by atoms with E-state index >= 15 is 4.39 Å². The van der Waals surface area contributed by atoms with Crippen LogP contribution in [0.25, 0.3) is 5.69 Å². The topological polar surface area (TPSA) is 271 Å². The molecule has 4 aliphatic rings. The van der Waals surface area contributed by atoms with Crippen LogP contribution in [0.15, 0.2) is 36.8 Å². The summed E-state index contributed by atoms with van der Waals surface area (Å²) in [5.41, 5.74) is -3.44. The Balaban J connectivity index is 1.08. The molecule has 0 aliphatic carbocycles. The third-order valence-corrected chi connectivity index (χ3v) is 16.6. The van der Waals surface area contributed by atoms with Gasteiger partial charge in [0.25, 0.3) is 0 Å². The Morgan fingerprint density at radius 2 is 1.68 bits per heavy atom. The average molecular weight is 1090 g/mol. The molecule has 0 saturated carbocycles. The number of aliphatic hydroxyl groups excluding tert-OH is 3. The first-order valence-corrected chi connectivity index (χ1v) is 27.0. The SMILES string of the molecule is CC[C@H]1OC(=O)[C@H](C)[C@@H](O[C@H]2C[C@@](C)(OC)[C@@H](O)[C@H](C)O2)[C@H](C)[C@@H](O[C@@H]2O[C@H](C)C[C@H](N(C)CCc3cn(C[C@H]4CN(c5ccc(-n6ccnn6)c(F)c5)C(=O)O4)nn3)[C@H]2O)[C@](C)(O)C[C@@H](C)CN(C)[C@H](C)[C@@H](O)[C@]1(C)O. The van der Waals surface area contributed by atoms with E-state index in [1.54, 1.807) is 65.4 Å². The fourth-order valence-electron chi connectivity index (χ4n) is 11.9. The van der Waals surface area contributed by atoms with Gasteiger partial charge in [0.1, 0.15) is 41.8 Å². The second kappa shape index (κ2) is 24.6. The lowest BCUT2D eigenvalue weighted by Crippen LogP contribution is -2.61. The zero-order valence-electron chi connectivity index (χ0n) is 46.9. The van der Waals surface area contributed by atoms with Crippen LogP contribution in [0, 0.1) is 23.6 Å². The minimum Gasteiger partial charge on any atom is -0.459 e. The second-order valence-electron chi connectivity index (χ2n) is 23.0. The van der Waals surface area contributed by atoms with Crippen LogP contribution in [-0.2, 0) is 50.9 Å². The van der Waals surface area contributed by atoms with E-state index in [0.717, 1.165) is 0 Å². The fraction of sp³-hybridized carbons (Fsp3) is 0.774. The van der Waals surface area contributed by atoms with Crippen molar-refractivity contribution in [2.75, 3.05) is 45.7 Å². The van der Waals surface area contributed by atoms with Crippen LogP contribution >= 0.6 is 0 Å². The maximum atomic E-state index is 15.0. The van der Waals surface area contributed by atoms with Gasteiger partial charge in [0, 0.05) is 57.2 Å². The molecule has 3 aromatic rings. The van der Waals surface area contributed by atoms with Crippen molar-refractivity contribution >= 4 is 17.7 Å². The van der Waals surface area contributed by atoms with Crippen LogP contribution in [0.4, 0.5) is 14.9 Å². The Bertz CT molecular complexity index is 2420. The van der Waals surface area contributed by atoms with Gasteiger partial charge in [-0.1, -0.05) is 31.2 Å². The number of carbonyl (C=O) groups excluding carboxylic acids is 2. The number of amides is 1. The summed E-state index contributed by atoms with van der Waals surface area (Å²) in [6.07, 6.45) is -5.58. The van der Waals surface area contributed by atoms with Gasteiger partial charge in [-0.2, -0.15) is 0 Å². The zero-order valence-corrected chi connectivity index (χ0v) is 46.9. The standard InChI is InChI=1S/C53H84FN9O14/c1-14-41-53(10,70)45(65)33(6)60(12)25-29(2)23-51(8,69)47(31(4)44(32(5)48(67)75-41)76-42-24-52(9,71-13)46(66)34(7)73-42)77-49-43(64)40(21-30(3)72-49)59(11)19-17-35-26-61(58-56-35)27-37-28-62(50(68)74-37)36-15-16-39(38(54)22-36)63-20-18-55-57-63/h15-16,18,20,22,26,29-34,37,40-47,49,64-66,69-70H,14,17,19,21,23-25,27-28H2,1-13H3/t29-,30-,31+,32-,33-,34+,37+,40+,41-,42+,43-,44+,45-,46+,47-,49+,51-,52-,53-/m1/s1. The summed E-state index contributed by atoms with van der Waals surface area (Å²) in [4.78, 5) is 32.7. The lowest BCUT2D eigenvalue weighted by Gasteiger charge is -2.49. The Hall–Kier alpha value is -4.31. The summed E-state index contributed by atoms with van der Waals surface area (Å²) < 4.78 is 61.8. The van der Waals surface area contributed by atoms with E-state index in [1.807, 2.05) is 37.7 Å². The molecule has 6 heterocycles. The average Bonchev–Trinajstić information content (AvgIpc) is 4.16. The molecule has 0 unspecified atom stereocenters. The number of likely N-dealkylation sites (N-methyl/N-ethyl adjacent to an activating group) is 2. The molecule has 4 fully saturated rings. The molecule has 24 heteroatoms. The van der Waals surface area contributed by atoms with E-state index in [4.69, 9.17) is 33.2 Å². The summed E-state index contributed by atoms with van der Waals surface area (Å²) in [5, 5.41) is 76.0. The number of nitrogens with zero attached hydrogens (tertiary/aromatic N) is 9. The molecule has 0 spiro atoms. The highest BCUT2D eigenvalue weighted by molar-refractivity contribution is 5.89. The highest BCUT2D eigenvalue weighted by Gasteiger charge is 2.53. The quantitative estimate of drug-likeness (QED) is 0.145. The minimum absolute atomic E-state index is 0.0780. The summed E-state index contributed by atoms with van der Waals surface area (Å²) in [6, 6.07) is 3.29. The van der Waals surface area contributed by atoms with Gasteiger partial charge in [0.2, 0.25) is 0 Å². The fourth-order valence-corrected chi connectivity index (χ4v) is 11.9. The number of hydrogen-bond acceptors (Lipinski definition) is 20. The first kappa shape index (κ1) is 60.3. The lowest BCUT2D eigenvalue weighted by atomic mass is 9.77. The molecule has 19 atom stereocenters. The molecule has 0 radical (unpaired) electrons. The van der Waals surface area contributed by atoms with E-state index in [-0.39, 0.29) is 44.0 Å². The molecule has 23 nitrogen and oxygen atoms in total. The monoisotopic (exact) mass is 1090 g/mol. The number of cyclic esters (lactones) is 2. The van der Waals surface area contributed by atoms with Gasteiger partial charge in [-0.3, -0.25) is 9.69 Å². The van der Waals surface area contributed by atoms with Gasteiger partial charge in [-0.25, -0.2) is 18.5 Å². The Kier molecular flexibility index (Phi) is 19.3. The van der Waals surface area contributed by atoms with Gasteiger partial charge < -0.3 is 68.5 Å². The number of methoxy groups -OCH3 is 1. The van der Waals surface area contributed by atoms with E-state index < -0.39 is 126 Å². The van der Waals surface area contributed by atoms with Crippen LogP contribution in [0.2, 0.25) is 0 Å². The number of carbonyl (C=O) groups is 2. The van der Waals surface area contributed by atoms with E-state index in [1.165, 1.54) is 48.1 Å². The summed E-state index contributed by atoms with van der Waals surface area (Å²) in [7, 11) is 5.20. The van der Waals surface area contributed by atoms with Crippen molar-refractivity contribution in [2.45, 2.75) is 204 Å². The number of ether oxygens (including phenoxy) is 7. The van der Waals surface area contributed by atoms with E-state index in [9.17, 15) is 35.1 Å². The molecule has 1 amide bonds. The summed E-state index contributed by atoms with van der Waals surface area (Å²) in [6.45, 7) is 18.6. The number of aliphatic hydroxyl groups is 5. The van der Waals surface area contributed by atoms with Crippen LogP contribution < -0.4 is 4.90 Å². The van der Waals surface area contributed by atoms with Crippen molar-refractivity contribution < 1.29 is 72.7 Å². The van der Waals surface area contributed by atoms with Crippen molar-refractivity contribution in [3.8, 4) is 5.69 Å². The predicted octanol–water partition coefficient (Wildman–Crippen LogP) is 2.85. The van der Waals surface area contributed by atoms with Crippen LogP contribution in [0.3, 0.4) is 0 Å². The number of esters is 1. The number of hydrogen-bond donors (Lipinski definition) is 5. The molecule has 77 heavy (non-hydrogen) atoms. The first-order chi connectivity index (χ1) is 36.2. The maximum absolute atomic E-state index is 15.0. The largest absolute Gasteiger partial charge is 0.459 e. The van der Waals surface area contributed by atoms with Crippen molar-refractivity contribution in [3.63, 3.8) is 0 Å². The summed E-state index contributed by atoms with van der Waals surface area (Å²) in [5.74, 6) is -3.48. The van der Waals surface area contributed by atoms with Crippen molar-refractivity contribution in [1.82, 2.24) is 39.8 Å². The van der Waals surface area contributed by atoms with Gasteiger partial charge >= 0.3 is 12.1 Å². The smallest absolute Gasteiger partial charge is 0.414 e. The van der Waals surface area contributed by atoms with E-state index in [0.29, 0.717) is 37.3 Å². The van der Waals surface area contributed by atoms with E-state index in [2.05, 4.69) is 20.6 Å². The molecule has 7 rings (SSSR count). The van der Waals surface area contributed by atoms with Gasteiger partial charge in [-0.05, 0) is 106 Å². The number of anilines is 1. The number of benzene rings is 1. The Morgan fingerprint density at radius 1 is 0.948 bits per heavy atom. The van der Waals surface area contributed by atoms with Crippen LogP contribution in [-0.4, -0.2) is 215 Å². The minimum atomic E-state index is -1.86. The third kappa shape index (κ3) is 13.5. The number of rotatable bonds is 14. The van der Waals surface area contributed by atoms with Gasteiger partial charge in [0.05, 0.1) is 78.4 Å². The molecule has 4 aliphatic heterocycles. The molecule has 4 saturated heterocycles. The zero-order chi connectivity index (χ0) is 56.5. The number of aromatic nitrogens is 6. The molecule has 1 aromatic carbocycles. The van der Waals surface area contributed by atoms with Gasteiger partial charge in [-0.15, -0.1) is 10.2 Å². The molecular weight excluding hydrogens is 1010 g/mol.